The van der Waals surface area contributed by atoms with Crippen LogP contribution in [0.25, 0.3) is 0 Å². The van der Waals surface area contributed by atoms with Crippen molar-refractivity contribution in [1.82, 2.24) is 0 Å². The molecule has 0 spiro atoms. The van der Waals surface area contributed by atoms with Crippen molar-refractivity contribution in [3.8, 4) is 0 Å². The summed E-state index contributed by atoms with van der Waals surface area (Å²) in [6, 6.07) is -0.553. The third-order valence-electron chi connectivity index (χ3n) is 1.53. The van der Waals surface area contributed by atoms with Crippen LogP contribution in [0.3, 0.4) is 0 Å². The summed E-state index contributed by atoms with van der Waals surface area (Å²) >= 11 is 0. The Morgan fingerprint density at radius 3 is 2.64 bits per heavy atom. The van der Waals surface area contributed by atoms with Gasteiger partial charge >= 0.3 is 0 Å². The van der Waals surface area contributed by atoms with Gasteiger partial charge in [-0.05, 0) is 6.42 Å². The maximum atomic E-state index is 9.85. The molecule has 0 bridgehead atoms. The Balaban J connectivity index is 2.70. The number of hydrogen-bond acceptors (Lipinski definition) is 4. The fourth-order valence-corrected chi connectivity index (χ4v) is 1.01. The normalized spacial score (nSPS) is 27.3. The van der Waals surface area contributed by atoms with Crippen molar-refractivity contribution in [2.75, 3.05) is 0 Å². The van der Waals surface area contributed by atoms with E-state index in [0.29, 0.717) is 6.42 Å². The predicted molar refractivity (Wildman–Crippen MR) is 37.6 cm³/mol. The molecule has 0 saturated carbocycles. The highest BCUT2D eigenvalue weighted by atomic mass is 16.1. The van der Waals surface area contributed by atoms with Crippen LogP contribution >= 0.6 is 0 Å². The molecule has 0 aliphatic heterocycles. The molecule has 0 aromatic carbocycles. The van der Waals surface area contributed by atoms with E-state index < -0.39 is 0 Å². The van der Waals surface area contributed by atoms with Crippen LogP contribution in [-0.4, -0.2) is 24.2 Å². The molecule has 56 valence electrons. The lowest BCUT2D eigenvalue weighted by Gasteiger charge is -2.04. The van der Waals surface area contributed by atoms with Crippen molar-refractivity contribution >= 4 is 12.2 Å². The SMILES string of the molecule is O=C=NC1C=CCC1N=C=O. The lowest BCUT2D eigenvalue weighted by molar-refractivity contribution is 0.544. The van der Waals surface area contributed by atoms with Crippen LogP contribution in [0.2, 0.25) is 0 Å². The first-order valence-corrected chi connectivity index (χ1v) is 3.19. The summed E-state index contributed by atoms with van der Waals surface area (Å²) < 4.78 is 0. The Labute approximate surface area is 63.3 Å². The summed E-state index contributed by atoms with van der Waals surface area (Å²) in [5.41, 5.74) is 0. The molecular weight excluding hydrogens is 144 g/mol. The molecule has 2 unspecified atom stereocenters. The summed E-state index contributed by atoms with van der Waals surface area (Å²) in [6.07, 6.45) is 7.08. The van der Waals surface area contributed by atoms with Crippen molar-refractivity contribution in [2.45, 2.75) is 18.5 Å². The first-order valence-electron chi connectivity index (χ1n) is 3.19. The molecule has 0 fully saturated rings. The van der Waals surface area contributed by atoms with E-state index in [1.165, 1.54) is 12.2 Å². The summed E-state index contributed by atoms with van der Waals surface area (Å²) in [5.74, 6) is 0. The Morgan fingerprint density at radius 1 is 1.27 bits per heavy atom. The van der Waals surface area contributed by atoms with Crippen LogP contribution in [0.5, 0.6) is 0 Å². The average molecular weight is 150 g/mol. The maximum absolute atomic E-state index is 9.85. The van der Waals surface area contributed by atoms with Gasteiger partial charge < -0.3 is 0 Å². The average Bonchev–Trinajstić information content (AvgIpc) is 2.39. The fraction of sp³-hybridized carbons (Fsp3) is 0.429. The fourth-order valence-electron chi connectivity index (χ4n) is 1.01. The van der Waals surface area contributed by atoms with Gasteiger partial charge in [-0.3, -0.25) is 0 Å². The number of carbonyl (C=O) groups excluding carboxylic acids is 2. The van der Waals surface area contributed by atoms with E-state index in [-0.39, 0.29) is 12.1 Å². The molecule has 4 heteroatoms. The molecule has 0 amide bonds. The summed E-state index contributed by atoms with van der Waals surface area (Å²) in [4.78, 5) is 26.6. The van der Waals surface area contributed by atoms with Gasteiger partial charge in [0.15, 0.2) is 0 Å². The van der Waals surface area contributed by atoms with Crippen molar-refractivity contribution in [2.24, 2.45) is 9.98 Å². The highest BCUT2D eigenvalue weighted by Crippen LogP contribution is 2.16. The zero-order chi connectivity index (χ0) is 8.10. The number of isocyanates is 2. The first kappa shape index (κ1) is 7.61. The van der Waals surface area contributed by atoms with Crippen molar-refractivity contribution in [1.29, 1.82) is 0 Å². The minimum absolute atomic E-state index is 0.242. The standard InChI is InChI=1S/C7H6N2O2/c10-4-8-6-2-1-3-7(6)9-5-11/h1-2,6-7H,3H2. The molecule has 0 N–H and O–H groups in total. The Hall–Kier alpha value is -1.50. The lowest BCUT2D eigenvalue weighted by Crippen LogP contribution is -2.14. The zero-order valence-corrected chi connectivity index (χ0v) is 5.73. The molecule has 0 aromatic heterocycles. The van der Waals surface area contributed by atoms with Crippen LogP contribution in [-0.2, 0) is 9.59 Å². The molecule has 0 saturated heterocycles. The zero-order valence-electron chi connectivity index (χ0n) is 5.73. The predicted octanol–water partition coefficient (Wildman–Crippen LogP) is 0.355. The van der Waals surface area contributed by atoms with E-state index >= 15 is 0 Å². The highest BCUT2D eigenvalue weighted by molar-refractivity contribution is 5.38. The highest BCUT2D eigenvalue weighted by Gasteiger charge is 2.21. The molecule has 2 atom stereocenters. The van der Waals surface area contributed by atoms with Crippen LogP contribution in [0.15, 0.2) is 22.1 Å². The first-order chi connectivity index (χ1) is 5.38. The van der Waals surface area contributed by atoms with Crippen LogP contribution < -0.4 is 0 Å². The molecule has 4 nitrogen and oxygen atoms in total. The molecular formula is C7H6N2O2. The molecule has 0 aromatic rings. The van der Waals surface area contributed by atoms with Gasteiger partial charge in [-0.1, -0.05) is 12.2 Å². The minimum Gasteiger partial charge on any atom is -0.211 e. The molecule has 1 aliphatic carbocycles. The van der Waals surface area contributed by atoms with Gasteiger partial charge in [0.2, 0.25) is 12.2 Å². The quantitative estimate of drug-likeness (QED) is 0.324. The van der Waals surface area contributed by atoms with Crippen molar-refractivity contribution in [3.63, 3.8) is 0 Å². The van der Waals surface area contributed by atoms with Gasteiger partial charge in [-0.15, -0.1) is 0 Å². The Morgan fingerprint density at radius 2 is 2.00 bits per heavy atom. The van der Waals surface area contributed by atoms with Crippen molar-refractivity contribution < 1.29 is 9.59 Å². The van der Waals surface area contributed by atoms with E-state index in [0.717, 1.165) is 0 Å². The topological polar surface area (TPSA) is 58.9 Å². The second kappa shape index (κ2) is 3.62. The van der Waals surface area contributed by atoms with E-state index in [2.05, 4.69) is 9.98 Å². The van der Waals surface area contributed by atoms with Gasteiger partial charge in [0.05, 0.1) is 6.04 Å². The smallest absolute Gasteiger partial charge is 0.211 e. The van der Waals surface area contributed by atoms with Gasteiger partial charge in [-0.2, -0.15) is 9.98 Å². The molecule has 0 radical (unpaired) electrons. The van der Waals surface area contributed by atoms with Gasteiger partial charge in [0.25, 0.3) is 0 Å². The minimum atomic E-state index is -0.311. The summed E-state index contributed by atoms with van der Waals surface area (Å²) in [7, 11) is 0. The van der Waals surface area contributed by atoms with E-state index in [4.69, 9.17) is 0 Å². The summed E-state index contributed by atoms with van der Waals surface area (Å²) in [6.45, 7) is 0. The van der Waals surface area contributed by atoms with Crippen LogP contribution in [0, 0.1) is 0 Å². The Kier molecular flexibility index (Phi) is 2.50. The van der Waals surface area contributed by atoms with Crippen molar-refractivity contribution in [3.05, 3.63) is 12.2 Å². The Bertz CT molecular complexity index is 260. The molecule has 0 heterocycles. The largest absolute Gasteiger partial charge is 0.235 e. The monoisotopic (exact) mass is 150 g/mol. The second-order valence-corrected chi connectivity index (χ2v) is 2.16. The number of aliphatic imine (C=N–C) groups is 2. The van der Waals surface area contributed by atoms with E-state index in [1.54, 1.807) is 6.08 Å². The lowest BCUT2D eigenvalue weighted by atomic mass is 10.2. The third kappa shape index (κ3) is 1.71. The van der Waals surface area contributed by atoms with Crippen LogP contribution in [0.4, 0.5) is 0 Å². The summed E-state index contributed by atoms with van der Waals surface area (Å²) in [5, 5.41) is 0. The molecule has 1 aliphatic rings. The van der Waals surface area contributed by atoms with Crippen LogP contribution in [0.1, 0.15) is 6.42 Å². The van der Waals surface area contributed by atoms with Gasteiger partial charge in [0.1, 0.15) is 6.04 Å². The maximum Gasteiger partial charge on any atom is 0.235 e. The van der Waals surface area contributed by atoms with Gasteiger partial charge in [0, 0.05) is 0 Å². The second-order valence-electron chi connectivity index (χ2n) is 2.16. The molecule has 1 rings (SSSR count). The third-order valence-corrected chi connectivity index (χ3v) is 1.53. The van der Waals surface area contributed by atoms with E-state index in [9.17, 15) is 9.59 Å². The number of hydrogen-bond donors (Lipinski definition) is 0. The van der Waals surface area contributed by atoms with E-state index in [1.807, 2.05) is 6.08 Å². The number of nitrogens with zero attached hydrogens (tertiary/aromatic N) is 2. The van der Waals surface area contributed by atoms with Gasteiger partial charge in [-0.25, -0.2) is 9.59 Å². The molecule has 11 heavy (non-hydrogen) atoms. The number of rotatable bonds is 2.